The third-order valence-corrected chi connectivity index (χ3v) is 3.49. The number of hydrogen-bond acceptors (Lipinski definition) is 3. The Hall–Kier alpha value is -1.42. The monoisotopic (exact) mass is 235 g/mol. The van der Waals surface area contributed by atoms with Crippen LogP contribution in [0.15, 0.2) is 24.4 Å². The Morgan fingerprint density at radius 2 is 2.18 bits per heavy atom. The van der Waals surface area contributed by atoms with Crippen LogP contribution >= 0.6 is 0 Å². The van der Waals surface area contributed by atoms with Gasteiger partial charge in [0.2, 0.25) is 0 Å². The van der Waals surface area contributed by atoms with Crippen LogP contribution < -0.4 is 0 Å². The molecule has 0 unspecified atom stereocenters. The van der Waals surface area contributed by atoms with Crippen LogP contribution in [-0.2, 0) is 16.0 Å². The van der Waals surface area contributed by atoms with Gasteiger partial charge in [-0.2, -0.15) is 0 Å². The highest BCUT2D eigenvalue weighted by molar-refractivity contribution is 5.74. The molecule has 0 bridgehead atoms. The van der Waals surface area contributed by atoms with Crippen LogP contribution in [0.2, 0.25) is 0 Å². The smallest absolute Gasteiger partial charge is 0.309 e. The predicted molar refractivity (Wildman–Crippen MR) is 62.7 cm³/mol. The zero-order chi connectivity index (χ0) is 12.1. The molecule has 1 saturated heterocycles. The third kappa shape index (κ3) is 2.82. The number of carboxylic acids is 1. The van der Waals surface area contributed by atoms with Crippen molar-refractivity contribution in [3.8, 4) is 0 Å². The number of aryl methyl sites for hydroxylation is 1. The summed E-state index contributed by atoms with van der Waals surface area (Å²) in [7, 11) is 0. The second-order valence-electron chi connectivity index (χ2n) is 4.52. The van der Waals surface area contributed by atoms with E-state index >= 15 is 0 Å². The zero-order valence-electron chi connectivity index (χ0n) is 9.76. The first-order valence-corrected chi connectivity index (χ1v) is 5.94. The summed E-state index contributed by atoms with van der Waals surface area (Å²) in [6.07, 6.45) is 4.31. The largest absolute Gasteiger partial charge is 0.481 e. The molecule has 1 aromatic rings. The fourth-order valence-corrected chi connectivity index (χ4v) is 2.25. The maximum Gasteiger partial charge on any atom is 0.309 e. The van der Waals surface area contributed by atoms with E-state index in [0.717, 1.165) is 5.69 Å². The summed E-state index contributed by atoms with van der Waals surface area (Å²) in [6.45, 7) is 1.10. The van der Waals surface area contributed by atoms with E-state index in [9.17, 15) is 9.90 Å². The summed E-state index contributed by atoms with van der Waals surface area (Å²) >= 11 is 0. The Kier molecular flexibility index (Phi) is 3.74. The number of carbonyl (C=O) groups is 1. The second-order valence-corrected chi connectivity index (χ2v) is 4.52. The minimum atomic E-state index is -0.697. The minimum absolute atomic E-state index is 0.550. The highest BCUT2D eigenvalue weighted by Gasteiger charge is 2.39. The summed E-state index contributed by atoms with van der Waals surface area (Å²) in [5.41, 5.74) is 0.343. The van der Waals surface area contributed by atoms with Gasteiger partial charge in [0.25, 0.3) is 0 Å². The molecule has 17 heavy (non-hydrogen) atoms. The summed E-state index contributed by atoms with van der Waals surface area (Å²) in [5, 5.41) is 9.39. The molecular formula is C13H17NO3. The van der Waals surface area contributed by atoms with Crippen molar-refractivity contribution in [1.29, 1.82) is 0 Å². The number of hydrogen-bond donors (Lipinski definition) is 1. The first-order valence-electron chi connectivity index (χ1n) is 5.94. The van der Waals surface area contributed by atoms with Crippen molar-refractivity contribution >= 4 is 5.97 Å². The van der Waals surface area contributed by atoms with E-state index < -0.39 is 11.4 Å². The Labute approximate surface area is 101 Å². The van der Waals surface area contributed by atoms with Crippen molar-refractivity contribution in [3.05, 3.63) is 30.1 Å². The second kappa shape index (κ2) is 5.27. The van der Waals surface area contributed by atoms with Crippen molar-refractivity contribution in [1.82, 2.24) is 4.98 Å². The quantitative estimate of drug-likeness (QED) is 0.865. The number of ether oxygens (including phenoxy) is 1. The Balaban J connectivity index is 2.01. The summed E-state index contributed by atoms with van der Waals surface area (Å²) in [5.74, 6) is -0.697. The summed E-state index contributed by atoms with van der Waals surface area (Å²) in [6, 6.07) is 5.74. The van der Waals surface area contributed by atoms with Gasteiger partial charge in [0.15, 0.2) is 0 Å². The lowest BCUT2D eigenvalue weighted by atomic mass is 9.76. The molecule has 1 aromatic heterocycles. The van der Waals surface area contributed by atoms with E-state index in [2.05, 4.69) is 4.98 Å². The van der Waals surface area contributed by atoms with Gasteiger partial charge in [-0.15, -0.1) is 0 Å². The molecule has 1 N–H and O–H groups in total. The fraction of sp³-hybridized carbons (Fsp3) is 0.538. The average molecular weight is 235 g/mol. The zero-order valence-corrected chi connectivity index (χ0v) is 9.76. The molecule has 1 aliphatic rings. The average Bonchev–Trinajstić information content (AvgIpc) is 2.38. The first-order chi connectivity index (χ1) is 8.23. The normalized spacial score (nSPS) is 18.8. The molecule has 4 nitrogen and oxygen atoms in total. The molecule has 0 radical (unpaired) electrons. The molecule has 0 saturated carbocycles. The molecule has 92 valence electrons. The Bertz CT molecular complexity index is 372. The van der Waals surface area contributed by atoms with Gasteiger partial charge in [-0.3, -0.25) is 9.78 Å². The van der Waals surface area contributed by atoms with E-state index in [4.69, 9.17) is 4.74 Å². The van der Waals surface area contributed by atoms with Crippen LogP contribution in [0.25, 0.3) is 0 Å². The SMILES string of the molecule is O=C(O)C1(CCc2ccccn2)CCOCC1. The Morgan fingerprint density at radius 1 is 1.41 bits per heavy atom. The van der Waals surface area contributed by atoms with E-state index in [1.807, 2.05) is 18.2 Å². The van der Waals surface area contributed by atoms with Crippen molar-refractivity contribution < 1.29 is 14.6 Å². The van der Waals surface area contributed by atoms with E-state index in [1.165, 1.54) is 0 Å². The molecule has 1 fully saturated rings. The lowest BCUT2D eigenvalue weighted by molar-refractivity contribution is -0.155. The molecule has 4 heteroatoms. The fourth-order valence-electron chi connectivity index (χ4n) is 2.25. The van der Waals surface area contributed by atoms with Gasteiger partial charge in [-0.25, -0.2) is 0 Å². The van der Waals surface area contributed by atoms with Crippen molar-refractivity contribution in [2.24, 2.45) is 5.41 Å². The Morgan fingerprint density at radius 3 is 2.76 bits per heavy atom. The highest BCUT2D eigenvalue weighted by Crippen LogP contribution is 2.35. The molecule has 0 aliphatic carbocycles. The molecular weight excluding hydrogens is 218 g/mol. The number of aliphatic carboxylic acids is 1. The number of nitrogens with zero attached hydrogens (tertiary/aromatic N) is 1. The number of pyridine rings is 1. The lowest BCUT2D eigenvalue weighted by Crippen LogP contribution is -2.37. The molecule has 0 amide bonds. The van der Waals surface area contributed by atoms with Crippen molar-refractivity contribution in [3.63, 3.8) is 0 Å². The maximum atomic E-state index is 11.4. The molecule has 0 aromatic carbocycles. The third-order valence-electron chi connectivity index (χ3n) is 3.49. The highest BCUT2D eigenvalue weighted by atomic mass is 16.5. The molecule has 1 aliphatic heterocycles. The van der Waals surface area contributed by atoms with Crippen LogP contribution in [-0.4, -0.2) is 29.3 Å². The number of rotatable bonds is 4. The van der Waals surface area contributed by atoms with E-state index in [1.54, 1.807) is 6.20 Å². The van der Waals surface area contributed by atoms with Crippen molar-refractivity contribution in [2.45, 2.75) is 25.7 Å². The molecule has 0 atom stereocenters. The van der Waals surface area contributed by atoms with Crippen molar-refractivity contribution in [2.75, 3.05) is 13.2 Å². The number of carboxylic acid groups (broad SMARTS) is 1. The van der Waals surface area contributed by atoms with Crippen LogP contribution in [0.3, 0.4) is 0 Å². The molecule has 0 spiro atoms. The van der Waals surface area contributed by atoms with Gasteiger partial charge < -0.3 is 9.84 Å². The van der Waals surface area contributed by atoms with Crippen LogP contribution in [0.1, 0.15) is 25.0 Å². The lowest BCUT2D eigenvalue weighted by Gasteiger charge is -2.33. The van der Waals surface area contributed by atoms with Crippen LogP contribution in [0, 0.1) is 5.41 Å². The standard InChI is InChI=1S/C13H17NO3/c15-12(16)13(6-9-17-10-7-13)5-4-11-3-1-2-8-14-11/h1-3,8H,4-7,9-10H2,(H,15,16). The van der Waals surface area contributed by atoms with Gasteiger partial charge >= 0.3 is 5.97 Å². The summed E-state index contributed by atoms with van der Waals surface area (Å²) in [4.78, 5) is 15.7. The topological polar surface area (TPSA) is 59.4 Å². The van der Waals surface area contributed by atoms with Crippen LogP contribution in [0.4, 0.5) is 0 Å². The minimum Gasteiger partial charge on any atom is -0.481 e. The van der Waals surface area contributed by atoms with E-state index in [0.29, 0.717) is 38.9 Å². The van der Waals surface area contributed by atoms with Gasteiger partial charge in [0, 0.05) is 25.1 Å². The van der Waals surface area contributed by atoms with Gasteiger partial charge in [-0.05, 0) is 37.8 Å². The molecule has 2 heterocycles. The van der Waals surface area contributed by atoms with E-state index in [-0.39, 0.29) is 0 Å². The maximum absolute atomic E-state index is 11.4. The van der Waals surface area contributed by atoms with Crippen LogP contribution in [0.5, 0.6) is 0 Å². The van der Waals surface area contributed by atoms with Gasteiger partial charge in [0.05, 0.1) is 5.41 Å². The van der Waals surface area contributed by atoms with Gasteiger partial charge in [0.1, 0.15) is 0 Å². The molecule has 2 rings (SSSR count). The van der Waals surface area contributed by atoms with Gasteiger partial charge in [-0.1, -0.05) is 6.07 Å². The number of aromatic nitrogens is 1. The predicted octanol–water partition coefficient (Wildman–Crippen LogP) is 1.90. The first kappa shape index (κ1) is 12.0. The summed E-state index contributed by atoms with van der Waals surface area (Å²) < 4.78 is 5.25.